The van der Waals surface area contributed by atoms with Gasteiger partial charge in [0, 0.05) is 44.6 Å². The second kappa shape index (κ2) is 7.40. The third-order valence-electron chi connectivity index (χ3n) is 4.93. The normalized spacial score (nSPS) is 17.0. The Morgan fingerprint density at radius 3 is 3.00 bits per heavy atom. The van der Waals surface area contributed by atoms with Crippen LogP contribution in [0.15, 0.2) is 41.4 Å². The van der Waals surface area contributed by atoms with E-state index in [0.29, 0.717) is 6.54 Å². The highest BCUT2D eigenvalue weighted by atomic mass is 16.3. The zero-order valence-corrected chi connectivity index (χ0v) is 15.6. The molecule has 8 heteroatoms. The van der Waals surface area contributed by atoms with E-state index < -0.39 is 0 Å². The molecular formula is C19H24N6O2. The summed E-state index contributed by atoms with van der Waals surface area (Å²) >= 11 is 0. The first-order chi connectivity index (χ1) is 13.1. The number of carbonyl (C=O) groups is 1. The van der Waals surface area contributed by atoms with Gasteiger partial charge in [0.15, 0.2) is 0 Å². The zero-order valence-electron chi connectivity index (χ0n) is 15.6. The standard InChI is InChI=1S/C19H24N6O2/c1-14-19-22-16(8-18(26)20-10-17-4-3-7-27-17)13-25(19)6-5-24(14)12-15-9-21-23(2)11-15/h3-4,7,9,11,13-14H,5-6,8,10,12H2,1-2H3,(H,20,26)/t14-/m0/s1. The highest BCUT2D eigenvalue weighted by Gasteiger charge is 2.26. The van der Waals surface area contributed by atoms with Crippen molar-refractivity contribution in [2.75, 3.05) is 6.54 Å². The van der Waals surface area contributed by atoms with E-state index >= 15 is 0 Å². The highest BCUT2D eigenvalue weighted by Crippen LogP contribution is 2.26. The van der Waals surface area contributed by atoms with Gasteiger partial charge in [0.05, 0.1) is 37.2 Å². The SMILES string of the molecule is C[C@H]1c2nc(CC(=O)NCc3ccco3)cn2CCN1Cc1cnn(C)c1. The number of nitrogens with zero attached hydrogens (tertiary/aromatic N) is 5. The van der Waals surface area contributed by atoms with Crippen LogP contribution in [0.1, 0.15) is 35.8 Å². The number of aryl methyl sites for hydroxylation is 1. The van der Waals surface area contributed by atoms with Gasteiger partial charge in [-0.3, -0.25) is 14.4 Å². The summed E-state index contributed by atoms with van der Waals surface area (Å²) in [4.78, 5) is 19.3. The third-order valence-corrected chi connectivity index (χ3v) is 4.93. The maximum atomic E-state index is 12.2. The van der Waals surface area contributed by atoms with E-state index in [1.807, 2.05) is 42.5 Å². The van der Waals surface area contributed by atoms with Gasteiger partial charge in [-0.2, -0.15) is 5.10 Å². The molecule has 0 saturated heterocycles. The number of rotatable bonds is 6. The smallest absolute Gasteiger partial charge is 0.226 e. The number of nitrogens with one attached hydrogen (secondary N) is 1. The fourth-order valence-corrected chi connectivity index (χ4v) is 3.51. The van der Waals surface area contributed by atoms with Gasteiger partial charge >= 0.3 is 0 Å². The van der Waals surface area contributed by atoms with Gasteiger partial charge in [0.1, 0.15) is 11.6 Å². The Morgan fingerprint density at radius 1 is 1.37 bits per heavy atom. The summed E-state index contributed by atoms with van der Waals surface area (Å²) in [6.07, 6.45) is 7.82. The third kappa shape index (κ3) is 3.95. The number of hydrogen-bond donors (Lipinski definition) is 1. The fourth-order valence-electron chi connectivity index (χ4n) is 3.51. The van der Waals surface area contributed by atoms with E-state index in [-0.39, 0.29) is 18.4 Å². The Bertz CT molecular complexity index is 911. The molecule has 0 aliphatic carbocycles. The Balaban J connectivity index is 1.37. The Kier molecular flexibility index (Phi) is 4.81. The summed E-state index contributed by atoms with van der Waals surface area (Å²) in [5.74, 6) is 1.70. The lowest BCUT2D eigenvalue weighted by Gasteiger charge is -2.33. The van der Waals surface area contributed by atoms with E-state index in [2.05, 4.69) is 26.8 Å². The monoisotopic (exact) mass is 368 g/mol. The quantitative estimate of drug-likeness (QED) is 0.715. The lowest BCUT2D eigenvalue weighted by molar-refractivity contribution is -0.120. The predicted molar refractivity (Wildman–Crippen MR) is 98.5 cm³/mol. The molecule has 27 heavy (non-hydrogen) atoms. The van der Waals surface area contributed by atoms with Crippen LogP contribution in [-0.4, -0.2) is 36.7 Å². The molecule has 0 spiro atoms. The molecule has 0 bridgehead atoms. The van der Waals surface area contributed by atoms with Crippen LogP contribution in [0.2, 0.25) is 0 Å². The minimum atomic E-state index is -0.0540. The molecule has 8 nitrogen and oxygen atoms in total. The topological polar surface area (TPSA) is 81.1 Å². The molecule has 1 amide bonds. The van der Waals surface area contributed by atoms with Gasteiger partial charge in [-0.25, -0.2) is 4.98 Å². The van der Waals surface area contributed by atoms with E-state index in [1.165, 1.54) is 5.56 Å². The molecule has 1 atom stereocenters. The minimum Gasteiger partial charge on any atom is -0.467 e. The average molecular weight is 368 g/mol. The van der Waals surface area contributed by atoms with Crippen LogP contribution in [0.4, 0.5) is 0 Å². The molecule has 0 aromatic carbocycles. The second-order valence-corrected chi connectivity index (χ2v) is 6.99. The van der Waals surface area contributed by atoms with Crippen LogP contribution in [0.3, 0.4) is 0 Å². The van der Waals surface area contributed by atoms with Crippen LogP contribution in [0.5, 0.6) is 0 Å². The first-order valence-electron chi connectivity index (χ1n) is 9.15. The molecule has 0 radical (unpaired) electrons. The first kappa shape index (κ1) is 17.5. The van der Waals surface area contributed by atoms with Gasteiger partial charge in [-0.05, 0) is 19.1 Å². The molecule has 142 valence electrons. The van der Waals surface area contributed by atoms with Gasteiger partial charge in [-0.1, -0.05) is 0 Å². The molecule has 1 aliphatic rings. The molecule has 4 rings (SSSR count). The van der Waals surface area contributed by atoms with Gasteiger partial charge in [0.25, 0.3) is 0 Å². The molecule has 0 saturated carbocycles. The molecule has 3 aromatic heterocycles. The summed E-state index contributed by atoms with van der Waals surface area (Å²) in [6, 6.07) is 3.84. The van der Waals surface area contributed by atoms with Crippen LogP contribution < -0.4 is 5.32 Å². The number of furan rings is 1. The van der Waals surface area contributed by atoms with E-state index in [4.69, 9.17) is 9.40 Å². The summed E-state index contributed by atoms with van der Waals surface area (Å²) in [7, 11) is 1.93. The van der Waals surface area contributed by atoms with Crippen LogP contribution in [0, 0.1) is 0 Å². The van der Waals surface area contributed by atoms with Crippen molar-refractivity contribution in [3.05, 3.63) is 59.8 Å². The molecule has 1 N–H and O–H groups in total. The van der Waals surface area contributed by atoms with Crippen molar-refractivity contribution in [2.45, 2.75) is 39.0 Å². The Morgan fingerprint density at radius 2 is 2.26 bits per heavy atom. The molecule has 1 aliphatic heterocycles. The number of hydrogen-bond acceptors (Lipinski definition) is 5. The molecule has 0 fully saturated rings. The van der Waals surface area contributed by atoms with Crippen LogP contribution in [-0.2, 0) is 37.9 Å². The maximum Gasteiger partial charge on any atom is 0.226 e. The molecule has 4 heterocycles. The summed E-state index contributed by atoms with van der Waals surface area (Å²) in [5, 5.41) is 7.11. The minimum absolute atomic E-state index is 0.0540. The molecular weight excluding hydrogens is 344 g/mol. The number of aromatic nitrogens is 4. The molecule has 3 aromatic rings. The number of amides is 1. The van der Waals surface area contributed by atoms with Crippen molar-refractivity contribution in [3.63, 3.8) is 0 Å². The fraction of sp³-hybridized carbons (Fsp3) is 0.421. The zero-order chi connectivity index (χ0) is 18.8. The van der Waals surface area contributed by atoms with Gasteiger partial charge < -0.3 is 14.3 Å². The van der Waals surface area contributed by atoms with Crippen LogP contribution >= 0.6 is 0 Å². The maximum absolute atomic E-state index is 12.2. The van der Waals surface area contributed by atoms with E-state index in [9.17, 15) is 4.79 Å². The van der Waals surface area contributed by atoms with Crippen molar-refractivity contribution < 1.29 is 9.21 Å². The Hall–Kier alpha value is -2.87. The summed E-state index contributed by atoms with van der Waals surface area (Å²) in [5.41, 5.74) is 2.00. The van der Waals surface area contributed by atoms with Crippen molar-refractivity contribution in [2.24, 2.45) is 7.05 Å². The molecule has 0 unspecified atom stereocenters. The van der Waals surface area contributed by atoms with Crippen molar-refractivity contribution >= 4 is 5.91 Å². The highest BCUT2D eigenvalue weighted by molar-refractivity contribution is 5.77. The summed E-state index contributed by atoms with van der Waals surface area (Å²) in [6.45, 7) is 5.23. The van der Waals surface area contributed by atoms with Crippen molar-refractivity contribution in [1.82, 2.24) is 29.5 Å². The number of carbonyl (C=O) groups excluding carboxylic acids is 1. The largest absolute Gasteiger partial charge is 0.467 e. The Labute approximate surface area is 157 Å². The van der Waals surface area contributed by atoms with Gasteiger partial charge in [-0.15, -0.1) is 0 Å². The van der Waals surface area contributed by atoms with Crippen molar-refractivity contribution in [3.8, 4) is 0 Å². The first-order valence-corrected chi connectivity index (χ1v) is 9.15. The average Bonchev–Trinajstić information content (AvgIpc) is 3.37. The van der Waals surface area contributed by atoms with Crippen molar-refractivity contribution in [1.29, 1.82) is 0 Å². The van der Waals surface area contributed by atoms with E-state index in [0.717, 1.165) is 36.9 Å². The number of fused-ring (bicyclic) bond motifs is 1. The lowest BCUT2D eigenvalue weighted by Crippen LogP contribution is -2.36. The predicted octanol–water partition coefficient (Wildman–Crippen LogP) is 1.65. The van der Waals surface area contributed by atoms with E-state index in [1.54, 1.807) is 6.26 Å². The van der Waals surface area contributed by atoms with Crippen LogP contribution in [0.25, 0.3) is 0 Å². The second-order valence-electron chi connectivity index (χ2n) is 6.99. The lowest BCUT2D eigenvalue weighted by atomic mass is 10.2. The number of imidazole rings is 1. The summed E-state index contributed by atoms with van der Waals surface area (Å²) < 4.78 is 9.22. The van der Waals surface area contributed by atoms with Gasteiger partial charge in [0.2, 0.25) is 5.91 Å².